The van der Waals surface area contributed by atoms with Gasteiger partial charge in [-0.2, -0.15) is 0 Å². The van der Waals surface area contributed by atoms with Crippen molar-refractivity contribution in [1.82, 2.24) is 4.90 Å². The van der Waals surface area contributed by atoms with Crippen molar-refractivity contribution in [2.45, 2.75) is 11.2 Å². The number of anilines is 1. The molecule has 96 valence electrons. The summed E-state index contributed by atoms with van der Waals surface area (Å²) in [5.74, 6) is 0.0326. The molecule has 0 saturated carbocycles. The van der Waals surface area contributed by atoms with E-state index in [2.05, 4.69) is 15.9 Å². The Morgan fingerprint density at radius 2 is 2.17 bits per heavy atom. The summed E-state index contributed by atoms with van der Waals surface area (Å²) >= 11 is 3.45. The number of hydrogen-bond acceptors (Lipinski definition) is 2. The fourth-order valence-electron chi connectivity index (χ4n) is 1.98. The minimum absolute atomic E-state index is 0.0566. The maximum absolute atomic E-state index is 11.9. The predicted molar refractivity (Wildman–Crippen MR) is 74.1 cm³/mol. The maximum atomic E-state index is 11.9. The van der Waals surface area contributed by atoms with Gasteiger partial charge in [0.25, 0.3) is 5.91 Å². The molecule has 18 heavy (non-hydrogen) atoms. The van der Waals surface area contributed by atoms with E-state index in [-0.39, 0.29) is 16.6 Å². The Morgan fingerprint density at radius 1 is 1.44 bits per heavy atom. The Morgan fingerprint density at radius 3 is 2.72 bits per heavy atom. The summed E-state index contributed by atoms with van der Waals surface area (Å²) < 4.78 is 0. The van der Waals surface area contributed by atoms with Crippen LogP contribution in [0.4, 0.5) is 5.69 Å². The molecule has 0 aliphatic carbocycles. The summed E-state index contributed by atoms with van der Waals surface area (Å²) in [6.45, 7) is 0.651. The summed E-state index contributed by atoms with van der Waals surface area (Å²) in [5.41, 5.74) is 1.39. The molecule has 1 unspecified atom stereocenters. The quantitative estimate of drug-likeness (QED) is 0.783. The number of hydrogen-bond donors (Lipinski definition) is 0. The molecular formula is C13H15BrN2O2. The van der Waals surface area contributed by atoms with E-state index in [1.165, 1.54) is 4.90 Å². The second-order valence-corrected chi connectivity index (χ2v) is 5.85. The third-order valence-electron chi connectivity index (χ3n) is 2.89. The first-order valence-corrected chi connectivity index (χ1v) is 6.67. The van der Waals surface area contributed by atoms with E-state index in [0.29, 0.717) is 18.5 Å². The Kier molecular flexibility index (Phi) is 3.71. The fourth-order valence-corrected chi connectivity index (χ4v) is 2.55. The Labute approximate surface area is 115 Å². The second-order valence-electron chi connectivity index (χ2n) is 4.56. The summed E-state index contributed by atoms with van der Waals surface area (Å²) in [6, 6.07) is 7.19. The molecule has 0 bridgehead atoms. The van der Waals surface area contributed by atoms with Gasteiger partial charge < -0.3 is 9.80 Å². The highest BCUT2D eigenvalue weighted by Gasteiger charge is 2.29. The second kappa shape index (κ2) is 5.10. The molecule has 1 saturated heterocycles. The molecule has 2 amide bonds. The normalized spacial score (nSPS) is 19.2. The summed E-state index contributed by atoms with van der Waals surface area (Å²) in [7, 11) is 3.43. The van der Waals surface area contributed by atoms with Crippen molar-refractivity contribution in [3.8, 4) is 0 Å². The lowest BCUT2D eigenvalue weighted by molar-refractivity contribution is -0.117. The Hall–Kier alpha value is -1.36. The molecular weight excluding hydrogens is 296 g/mol. The minimum Gasteiger partial charge on any atom is -0.345 e. The maximum Gasteiger partial charge on any atom is 0.253 e. The van der Waals surface area contributed by atoms with Gasteiger partial charge in [-0.25, -0.2) is 0 Å². The van der Waals surface area contributed by atoms with Crippen molar-refractivity contribution in [2.24, 2.45) is 0 Å². The lowest BCUT2D eigenvalue weighted by atomic mass is 10.1. The lowest BCUT2D eigenvalue weighted by Gasteiger charge is -2.17. The van der Waals surface area contributed by atoms with Crippen LogP contribution in [0.15, 0.2) is 24.3 Å². The molecule has 1 atom stereocenters. The van der Waals surface area contributed by atoms with Crippen molar-refractivity contribution in [2.75, 3.05) is 25.5 Å². The van der Waals surface area contributed by atoms with Crippen molar-refractivity contribution < 1.29 is 9.59 Å². The number of rotatable bonds is 2. The molecule has 0 aromatic heterocycles. The summed E-state index contributed by atoms with van der Waals surface area (Å²) in [4.78, 5) is 27.1. The number of alkyl halides is 1. The van der Waals surface area contributed by atoms with Crippen LogP contribution in [-0.2, 0) is 4.79 Å². The highest BCUT2D eigenvalue weighted by molar-refractivity contribution is 9.09. The van der Waals surface area contributed by atoms with Gasteiger partial charge in [-0.3, -0.25) is 9.59 Å². The zero-order valence-corrected chi connectivity index (χ0v) is 12.0. The SMILES string of the molecule is CN(C)C(=O)c1cccc(N2CC(Br)CC2=O)c1. The van der Waals surface area contributed by atoms with E-state index < -0.39 is 0 Å². The van der Waals surface area contributed by atoms with Crippen molar-refractivity contribution >= 4 is 33.4 Å². The van der Waals surface area contributed by atoms with Gasteiger partial charge in [0.05, 0.1) is 0 Å². The van der Waals surface area contributed by atoms with Gasteiger partial charge in [0.15, 0.2) is 0 Å². The first kappa shape index (κ1) is 13.1. The van der Waals surface area contributed by atoms with Crippen LogP contribution < -0.4 is 4.90 Å². The minimum atomic E-state index is -0.0566. The number of carbonyl (C=O) groups is 2. The van der Waals surface area contributed by atoms with Crippen LogP contribution in [0, 0.1) is 0 Å². The smallest absolute Gasteiger partial charge is 0.253 e. The highest BCUT2D eigenvalue weighted by atomic mass is 79.9. The number of nitrogens with zero attached hydrogens (tertiary/aromatic N) is 2. The number of halogens is 1. The van der Waals surface area contributed by atoms with E-state index in [1.807, 2.05) is 6.07 Å². The molecule has 5 heteroatoms. The van der Waals surface area contributed by atoms with E-state index in [9.17, 15) is 9.59 Å². The van der Waals surface area contributed by atoms with Gasteiger partial charge in [-0.15, -0.1) is 0 Å². The van der Waals surface area contributed by atoms with E-state index in [0.717, 1.165) is 5.69 Å². The third kappa shape index (κ3) is 2.56. The first-order valence-electron chi connectivity index (χ1n) is 5.75. The van der Waals surface area contributed by atoms with Crippen LogP contribution in [-0.4, -0.2) is 42.2 Å². The molecule has 2 rings (SSSR count). The van der Waals surface area contributed by atoms with Crippen LogP contribution in [0.2, 0.25) is 0 Å². The van der Waals surface area contributed by atoms with Crippen LogP contribution in [0.25, 0.3) is 0 Å². The molecule has 0 spiro atoms. The molecule has 0 radical (unpaired) electrons. The molecule has 1 heterocycles. The van der Waals surface area contributed by atoms with Gasteiger partial charge >= 0.3 is 0 Å². The van der Waals surface area contributed by atoms with Gasteiger partial charge in [-0.1, -0.05) is 22.0 Å². The van der Waals surface area contributed by atoms with Crippen LogP contribution >= 0.6 is 15.9 Å². The van der Waals surface area contributed by atoms with Gasteiger partial charge in [0, 0.05) is 43.1 Å². The van der Waals surface area contributed by atoms with Gasteiger partial charge in [-0.05, 0) is 18.2 Å². The van der Waals surface area contributed by atoms with Crippen LogP contribution in [0.5, 0.6) is 0 Å². The van der Waals surface area contributed by atoms with Crippen LogP contribution in [0.3, 0.4) is 0 Å². The average Bonchev–Trinajstić information content (AvgIpc) is 2.67. The zero-order chi connectivity index (χ0) is 13.3. The topological polar surface area (TPSA) is 40.6 Å². The number of amides is 2. The highest BCUT2D eigenvalue weighted by Crippen LogP contribution is 2.25. The fraction of sp³-hybridized carbons (Fsp3) is 0.385. The molecule has 1 aromatic carbocycles. The van der Waals surface area contributed by atoms with Crippen molar-refractivity contribution in [1.29, 1.82) is 0 Å². The Balaban J connectivity index is 2.28. The van der Waals surface area contributed by atoms with Crippen molar-refractivity contribution in [3.05, 3.63) is 29.8 Å². The largest absolute Gasteiger partial charge is 0.345 e. The molecule has 0 N–H and O–H groups in total. The van der Waals surface area contributed by atoms with Gasteiger partial charge in [0.1, 0.15) is 0 Å². The first-order chi connectivity index (χ1) is 8.49. The van der Waals surface area contributed by atoms with E-state index >= 15 is 0 Å². The molecule has 1 aliphatic heterocycles. The average molecular weight is 311 g/mol. The summed E-state index contributed by atoms with van der Waals surface area (Å²) in [5, 5.41) is 0. The van der Waals surface area contributed by atoms with Crippen molar-refractivity contribution in [3.63, 3.8) is 0 Å². The van der Waals surface area contributed by atoms with E-state index in [4.69, 9.17) is 0 Å². The predicted octanol–water partition coefficient (Wildman–Crippen LogP) is 1.89. The van der Waals surface area contributed by atoms with Crippen LogP contribution in [0.1, 0.15) is 16.8 Å². The molecule has 1 aliphatic rings. The van der Waals surface area contributed by atoms with Gasteiger partial charge in [0.2, 0.25) is 5.91 Å². The standard InChI is InChI=1S/C13H15BrN2O2/c1-15(2)13(18)9-4-3-5-11(6-9)16-8-10(14)7-12(16)17/h3-6,10H,7-8H2,1-2H3. The van der Waals surface area contributed by atoms with E-state index in [1.54, 1.807) is 37.2 Å². The molecule has 1 fully saturated rings. The molecule has 4 nitrogen and oxygen atoms in total. The lowest BCUT2D eigenvalue weighted by Crippen LogP contribution is -2.26. The zero-order valence-electron chi connectivity index (χ0n) is 10.4. The summed E-state index contributed by atoms with van der Waals surface area (Å²) in [6.07, 6.45) is 0.506. The number of carbonyl (C=O) groups excluding carboxylic acids is 2. The number of benzene rings is 1. The molecule has 1 aromatic rings. The monoisotopic (exact) mass is 310 g/mol. The Bertz CT molecular complexity index is 488. The third-order valence-corrected chi connectivity index (χ3v) is 3.50.